The first kappa shape index (κ1) is 57.0. The molecule has 0 saturated carbocycles. The number of carboxylic acids is 6. The number of nitrogens with zero attached hydrogens (tertiary/aromatic N) is 8. The molecule has 0 bridgehead atoms. The van der Waals surface area contributed by atoms with Gasteiger partial charge in [-0.25, -0.2) is 38.2 Å². The van der Waals surface area contributed by atoms with Crippen LogP contribution in [0.25, 0.3) is 32.9 Å². The topological polar surface area (TPSA) is 444 Å². The molecule has 0 radical (unpaired) electrons. The van der Waals surface area contributed by atoms with Gasteiger partial charge in [-0.1, -0.05) is 67.2 Å². The first-order valence-electron chi connectivity index (χ1n) is 22.9. The minimum Gasteiger partial charge on any atom is -0.493 e. The molecular formula is C54H34N10O18. The largest absolute Gasteiger partial charge is 0.493 e. The number of aromatic hydroxyl groups is 2. The van der Waals surface area contributed by atoms with Crippen molar-refractivity contribution in [2.75, 3.05) is 6.54 Å². The van der Waals surface area contributed by atoms with Gasteiger partial charge in [0.2, 0.25) is 11.8 Å². The highest BCUT2D eigenvalue weighted by molar-refractivity contribution is 6.13. The van der Waals surface area contributed by atoms with Crippen LogP contribution in [0.2, 0.25) is 0 Å². The maximum Gasteiger partial charge on any atom is 0.337 e. The van der Waals surface area contributed by atoms with Crippen LogP contribution in [0, 0.1) is 17.9 Å². The first-order chi connectivity index (χ1) is 39.0. The Balaban J connectivity index is 1.26. The number of amides is 2. The van der Waals surface area contributed by atoms with Gasteiger partial charge in [0.15, 0.2) is 5.69 Å². The highest BCUT2D eigenvalue weighted by Gasteiger charge is 2.30. The van der Waals surface area contributed by atoms with Gasteiger partial charge >= 0.3 is 35.8 Å². The van der Waals surface area contributed by atoms with E-state index in [4.69, 9.17) is 6.57 Å². The number of azo groups is 2. The third-order valence-corrected chi connectivity index (χ3v) is 11.8. The molecule has 5 aromatic carbocycles. The number of rotatable bonds is 19. The molecule has 2 heterocycles. The molecule has 0 aliphatic rings. The number of hydrogen-bond acceptors (Lipinski definition) is 17. The van der Waals surface area contributed by atoms with E-state index in [1.807, 2.05) is 0 Å². The van der Waals surface area contributed by atoms with Gasteiger partial charge in [-0.15, -0.1) is 20.5 Å². The molecule has 0 spiro atoms. The number of pyridine rings is 2. The van der Waals surface area contributed by atoms with Crippen LogP contribution >= 0.6 is 0 Å². The fraction of sp³-hybridized carbons (Fsp3) is 0.0370. The van der Waals surface area contributed by atoms with E-state index in [1.165, 1.54) is 48.5 Å². The Morgan fingerprint density at radius 3 is 1.46 bits per heavy atom. The minimum atomic E-state index is -1.94. The van der Waals surface area contributed by atoms with Crippen molar-refractivity contribution in [1.82, 2.24) is 19.8 Å². The summed E-state index contributed by atoms with van der Waals surface area (Å²) in [5.41, 5.74) is -12.9. The van der Waals surface area contributed by atoms with Crippen molar-refractivity contribution in [1.29, 1.82) is 5.26 Å². The second kappa shape index (κ2) is 23.7. The average Bonchev–Trinajstić information content (AvgIpc) is 3.09. The number of aromatic carboxylic acids is 6. The van der Waals surface area contributed by atoms with Gasteiger partial charge < -0.3 is 51.5 Å². The third kappa shape index (κ3) is 11.4. The minimum absolute atomic E-state index is 0.0632. The van der Waals surface area contributed by atoms with Crippen LogP contribution in [-0.4, -0.2) is 104 Å². The van der Waals surface area contributed by atoms with E-state index >= 15 is 0 Å². The van der Waals surface area contributed by atoms with Crippen LogP contribution in [0.3, 0.4) is 0 Å². The molecule has 7 rings (SSSR count). The predicted molar refractivity (Wildman–Crippen MR) is 281 cm³/mol. The van der Waals surface area contributed by atoms with E-state index in [0.717, 1.165) is 36.4 Å². The standard InChI is InChI=1S/C54H34N10O18/c1-24(64-47(69)40(56-2)39(26-11-7-4-8-12-26)42(48(64)70)62-60-37-20-28(50(73)74)14-16-30(37)52(77)78)58-44(66)32-21-31(33(53(79)80)22-34(32)54(81)82)43(65)57-17-18-63-45(67)35(23-55)38(25-9-5-3-6-10-25)41(46(63)68)61-59-36-19-27(49(71)72)13-15-29(36)51(75)76/h3-16,19-22,68,70H,1,17-18H2,(H,57,65)(H,58,66)(H,71,72)(H,73,74)(H,75,76)(H,77,78)(H,79,80)(H,81,82). The van der Waals surface area contributed by atoms with Crippen molar-refractivity contribution < 1.29 is 79.2 Å². The van der Waals surface area contributed by atoms with Crippen molar-refractivity contribution in [3.63, 3.8) is 0 Å². The molecule has 0 saturated heterocycles. The number of nitrogens with one attached hydrogen (secondary N) is 2. The maximum atomic E-state index is 14.1. The lowest BCUT2D eigenvalue weighted by Crippen LogP contribution is -2.34. The summed E-state index contributed by atoms with van der Waals surface area (Å²) in [6.07, 6.45) is 0. The molecule has 0 unspecified atom stereocenters. The molecule has 28 heteroatoms. The smallest absolute Gasteiger partial charge is 0.337 e. The zero-order valence-corrected chi connectivity index (χ0v) is 41.3. The Morgan fingerprint density at radius 2 is 1.01 bits per heavy atom. The van der Waals surface area contributed by atoms with Gasteiger partial charge in [-0.05, 0) is 59.7 Å². The molecule has 2 aromatic heterocycles. The summed E-state index contributed by atoms with van der Waals surface area (Å²) in [6.45, 7) is 10.0. The SMILES string of the molecule is [C-]#[N+]c1c(-c2ccccc2)c(N=Nc2cc(C(=O)O)ccc2C(=O)O)c(O)n(C(=C)NC(=O)c2cc(C(=O)NCCn3c(O)c(N=Nc4cc(C(=O)O)ccc4C(=O)O)c(-c4ccccc4)c(C#N)c3=O)c(C(=O)O)cc2C(=O)O)c1=O. The molecular weight excluding hydrogens is 1080 g/mol. The molecule has 0 aliphatic heterocycles. The molecule has 0 atom stereocenters. The number of benzene rings is 5. The van der Waals surface area contributed by atoms with E-state index in [1.54, 1.807) is 18.2 Å². The Labute approximate surface area is 456 Å². The van der Waals surface area contributed by atoms with Gasteiger partial charge in [-0.3, -0.25) is 23.7 Å². The Kier molecular flexibility index (Phi) is 16.4. The zero-order valence-electron chi connectivity index (χ0n) is 41.3. The van der Waals surface area contributed by atoms with Crippen LogP contribution < -0.4 is 21.8 Å². The number of carbonyl (C=O) groups is 8. The Hall–Kier alpha value is -12.7. The summed E-state index contributed by atoms with van der Waals surface area (Å²) < 4.78 is 0.748. The normalized spacial score (nSPS) is 10.9. The van der Waals surface area contributed by atoms with Crippen molar-refractivity contribution in [2.45, 2.75) is 6.54 Å². The second-order valence-corrected chi connectivity index (χ2v) is 16.7. The number of carbonyl (C=O) groups excluding carboxylic acids is 2. The van der Waals surface area contributed by atoms with Crippen LogP contribution in [0.4, 0.5) is 28.4 Å². The molecule has 82 heavy (non-hydrogen) atoms. The number of aromatic nitrogens is 2. The lowest BCUT2D eigenvalue weighted by atomic mass is 9.97. The quantitative estimate of drug-likeness (QED) is 0.0277. The van der Waals surface area contributed by atoms with Crippen LogP contribution in [0.15, 0.2) is 146 Å². The molecule has 10 N–H and O–H groups in total. The van der Waals surface area contributed by atoms with E-state index in [9.17, 15) is 94.1 Å². The highest BCUT2D eigenvalue weighted by Crippen LogP contribution is 2.44. The second-order valence-electron chi connectivity index (χ2n) is 16.7. The van der Waals surface area contributed by atoms with Gasteiger partial charge in [0, 0.05) is 24.2 Å². The lowest BCUT2D eigenvalue weighted by Gasteiger charge is -2.18. The summed E-state index contributed by atoms with van der Waals surface area (Å²) in [4.78, 5) is 132. The van der Waals surface area contributed by atoms with Crippen LogP contribution in [0.5, 0.6) is 11.8 Å². The summed E-state index contributed by atoms with van der Waals surface area (Å²) in [6, 6.07) is 22.8. The highest BCUT2D eigenvalue weighted by atomic mass is 16.4. The fourth-order valence-corrected chi connectivity index (χ4v) is 7.98. The molecule has 0 aliphatic carbocycles. The average molecular weight is 1110 g/mol. The van der Waals surface area contributed by atoms with E-state index in [2.05, 4.69) is 42.5 Å². The van der Waals surface area contributed by atoms with Gasteiger partial charge in [-0.2, -0.15) is 5.26 Å². The number of carboxylic acid groups (broad SMARTS) is 6. The van der Waals surface area contributed by atoms with Crippen molar-refractivity contribution in [3.05, 3.63) is 198 Å². The fourth-order valence-electron chi connectivity index (χ4n) is 7.98. The monoisotopic (exact) mass is 1110 g/mol. The lowest BCUT2D eigenvalue weighted by molar-refractivity contribution is 0.0676. The van der Waals surface area contributed by atoms with Crippen molar-refractivity contribution >= 4 is 81.9 Å². The van der Waals surface area contributed by atoms with Gasteiger partial charge in [0.1, 0.15) is 34.5 Å². The maximum absolute atomic E-state index is 14.1. The van der Waals surface area contributed by atoms with Crippen molar-refractivity contribution in [2.24, 2.45) is 20.5 Å². The van der Waals surface area contributed by atoms with Crippen LogP contribution in [0.1, 0.15) is 88.4 Å². The van der Waals surface area contributed by atoms with Gasteiger partial charge in [0.25, 0.3) is 28.6 Å². The van der Waals surface area contributed by atoms with Gasteiger partial charge in [0.05, 0.1) is 51.1 Å². The zero-order chi connectivity index (χ0) is 59.9. The van der Waals surface area contributed by atoms with Crippen molar-refractivity contribution in [3.8, 4) is 40.1 Å². The molecule has 0 fully saturated rings. The van der Waals surface area contributed by atoms with Crippen LogP contribution in [-0.2, 0) is 6.54 Å². The summed E-state index contributed by atoms with van der Waals surface area (Å²) >= 11 is 0. The predicted octanol–water partition coefficient (Wildman–Crippen LogP) is 7.49. The number of nitriles is 1. The summed E-state index contributed by atoms with van der Waals surface area (Å²) in [5, 5.41) is 113. The summed E-state index contributed by atoms with van der Waals surface area (Å²) in [7, 11) is 0. The Bertz CT molecular complexity index is 4230. The van der Waals surface area contributed by atoms with E-state index in [-0.39, 0.29) is 21.3 Å². The Morgan fingerprint density at radius 1 is 0.561 bits per heavy atom. The molecule has 7 aromatic rings. The van der Waals surface area contributed by atoms with E-state index in [0.29, 0.717) is 16.7 Å². The molecule has 28 nitrogen and oxygen atoms in total. The third-order valence-electron chi connectivity index (χ3n) is 11.8. The summed E-state index contributed by atoms with van der Waals surface area (Å²) in [5.74, 6) is -16.0. The first-order valence-corrected chi connectivity index (χ1v) is 22.9. The van der Waals surface area contributed by atoms with E-state index < -0.39 is 173 Å². The molecule has 2 amide bonds. The number of hydrogen-bond donors (Lipinski definition) is 10. The molecule has 408 valence electrons.